The Kier molecular flexibility index (Phi) is 3.36. The predicted octanol–water partition coefficient (Wildman–Crippen LogP) is 4.26. The lowest BCUT2D eigenvalue weighted by molar-refractivity contribution is 1.15. The van der Waals surface area contributed by atoms with E-state index >= 15 is 0 Å². The Morgan fingerprint density at radius 3 is 2.79 bits per heavy atom. The molecule has 0 aliphatic heterocycles. The average molecular weight is 382 g/mol. The zero-order valence-electron chi connectivity index (χ0n) is 10.1. The molecule has 0 saturated heterocycles. The van der Waals surface area contributed by atoms with E-state index < -0.39 is 0 Å². The average Bonchev–Trinajstić information content (AvgIpc) is 2.38. The van der Waals surface area contributed by atoms with Crippen molar-refractivity contribution >= 4 is 45.1 Å². The highest BCUT2D eigenvalue weighted by Crippen LogP contribution is 2.26. The molecular formula is C14H9ClIN3. The second-order valence-electron chi connectivity index (χ2n) is 4.16. The van der Waals surface area contributed by atoms with Crippen molar-refractivity contribution in [3.8, 4) is 11.4 Å². The fourth-order valence-electron chi connectivity index (χ4n) is 1.98. The molecule has 0 radical (unpaired) electrons. The highest BCUT2D eigenvalue weighted by atomic mass is 127. The van der Waals surface area contributed by atoms with Gasteiger partial charge in [-0.2, -0.15) is 0 Å². The number of rotatable bonds is 1. The van der Waals surface area contributed by atoms with Crippen molar-refractivity contribution < 1.29 is 0 Å². The Bertz CT molecular complexity index is 774. The van der Waals surface area contributed by atoms with E-state index in [1.807, 2.05) is 25.1 Å². The Balaban J connectivity index is 2.27. The fourth-order valence-corrected chi connectivity index (χ4v) is 2.81. The lowest BCUT2D eigenvalue weighted by Crippen LogP contribution is -1.95. The van der Waals surface area contributed by atoms with Crippen molar-refractivity contribution in [1.29, 1.82) is 0 Å². The van der Waals surface area contributed by atoms with Crippen molar-refractivity contribution in [1.82, 2.24) is 15.0 Å². The number of benzene rings is 1. The van der Waals surface area contributed by atoms with E-state index in [1.54, 1.807) is 12.4 Å². The summed E-state index contributed by atoms with van der Waals surface area (Å²) in [5.74, 6) is 0.701. The lowest BCUT2D eigenvalue weighted by atomic mass is 10.2. The molecule has 0 aliphatic rings. The monoisotopic (exact) mass is 381 g/mol. The Hall–Kier alpha value is -1.27. The molecule has 2 aromatic heterocycles. The van der Waals surface area contributed by atoms with E-state index in [0.717, 1.165) is 25.7 Å². The fraction of sp³-hybridized carbons (Fsp3) is 0.0714. The van der Waals surface area contributed by atoms with Crippen LogP contribution in [-0.4, -0.2) is 15.0 Å². The molecule has 0 spiro atoms. The van der Waals surface area contributed by atoms with Gasteiger partial charge in [-0.1, -0.05) is 23.7 Å². The number of aromatic nitrogens is 3. The molecule has 2 heterocycles. The molecule has 3 aromatic rings. The third kappa shape index (κ3) is 2.42. The van der Waals surface area contributed by atoms with E-state index in [-0.39, 0.29) is 0 Å². The number of fused-ring (bicyclic) bond motifs is 1. The molecule has 0 fully saturated rings. The summed E-state index contributed by atoms with van der Waals surface area (Å²) in [6.07, 6.45) is 3.33. The van der Waals surface area contributed by atoms with E-state index in [0.29, 0.717) is 10.8 Å². The summed E-state index contributed by atoms with van der Waals surface area (Å²) in [4.78, 5) is 13.2. The van der Waals surface area contributed by atoms with E-state index in [9.17, 15) is 0 Å². The molecule has 5 heteroatoms. The molecule has 94 valence electrons. The molecule has 0 aliphatic carbocycles. The van der Waals surface area contributed by atoms with Gasteiger partial charge in [0.05, 0.1) is 22.4 Å². The number of aryl methyl sites for hydroxylation is 1. The van der Waals surface area contributed by atoms with Crippen LogP contribution in [0.25, 0.3) is 22.3 Å². The number of halogens is 2. The van der Waals surface area contributed by atoms with Crippen molar-refractivity contribution in [3.05, 3.63) is 50.9 Å². The molecule has 0 N–H and O–H groups in total. The molecule has 0 unspecified atom stereocenters. The zero-order chi connectivity index (χ0) is 13.4. The summed E-state index contributed by atoms with van der Waals surface area (Å²) < 4.78 is 1.15. The van der Waals surface area contributed by atoms with Crippen LogP contribution in [-0.2, 0) is 0 Å². The second kappa shape index (κ2) is 5.02. The Morgan fingerprint density at radius 1 is 1.16 bits per heavy atom. The molecule has 3 rings (SSSR count). The summed E-state index contributed by atoms with van der Waals surface area (Å²) in [5.41, 5.74) is 2.64. The topological polar surface area (TPSA) is 38.7 Å². The summed E-state index contributed by atoms with van der Waals surface area (Å²) >= 11 is 8.42. The van der Waals surface area contributed by atoms with Gasteiger partial charge < -0.3 is 0 Å². The summed E-state index contributed by atoms with van der Waals surface area (Å²) in [7, 11) is 0. The van der Waals surface area contributed by atoms with Crippen molar-refractivity contribution in [2.45, 2.75) is 6.92 Å². The van der Waals surface area contributed by atoms with Crippen LogP contribution < -0.4 is 0 Å². The predicted molar refractivity (Wildman–Crippen MR) is 85.2 cm³/mol. The molecule has 3 nitrogen and oxygen atoms in total. The minimum atomic E-state index is 0.587. The first kappa shape index (κ1) is 12.7. The third-order valence-electron chi connectivity index (χ3n) is 2.82. The van der Waals surface area contributed by atoms with Gasteiger partial charge in [-0.15, -0.1) is 0 Å². The highest BCUT2D eigenvalue weighted by Gasteiger charge is 2.09. The van der Waals surface area contributed by atoms with Gasteiger partial charge >= 0.3 is 0 Å². The Morgan fingerprint density at radius 2 is 2.00 bits per heavy atom. The molecule has 1 aromatic carbocycles. The van der Waals surface area contributed by atoms with Crippen LogP contribution in [0.3, 0.4) is 0 Å². The van der Waals surface area contributed by atoms with Gasteiger partial charge in [-0.25, -0.2) is 9.97 Å². The maximum absolute atomic E-state index is 6.14. The minimum Gasteiger partial charge on any atom is -0.261 e. The first-order chi connectivity index (χ1) is 9.15. The van der Waals surface area contributed by atoms with Crippen LogP contribution in [0.4, 0.5) is 0 Å². The smallest absolute Gasteiger partial charge is 0.160 e. The number of nitrogens with zero attached hydrogens (tertiary/aromatic N) is 3. The van der Waals surface area contributed by atoms with E-state index in [2.05, 4.69) is 43.6 Å². The first-order valence-corrected chi connectivity index (χ1v) is 7.14. The molecule has 0 amide bonds. The van der Waals surface area contributed by atoms with Crippen LogP contribution >= 0.6 is 34.2 Å². The summed E-state index contributed by atoms with van der Waals surface area (Å²) in [5, 5.41) is 1.45. The maximum Gasteiger partial charge on any atom is 0.160 e. The second-order valence-corrected chi connectivity index (χ2v) is 5.81. The van der Waals surface area contributed by atoms with E-state index in [4.69, 9.17) is 11.6 Å². The normalized spacial score (nSPS) is 10.9. The van der Waals surface area contributed by atoms with Gasteiger partial charge in [0.1, 0.15) is 0 Å². The van der Waals surface area contributed by atoms with Gasteiger partial charge in [0.25, 0.3) is 0 Å². The zero-order valence-corrected chi connectivity index (χ0v) is 13.0. The quantitative estimate of drug-likeness (QED) is 0.591. The number of hydrogen-bond acceptors (Lipinski definition) is 3. The maximum atomic E-state index is 6.14. The molecule has 0 atom stereocenters. The summed E-state index contributed by atoms with van der Waals surface area (Å²) in [6.45, 7) is 1.94. The van der Waals surface area contributed by atoms with Gasteiger partial charge in [-0.3, -0.25) is 4.98 Å². The van der Waals surface area contributed by atoms with Crippen LogP contribution in [0, 0.1) is 10.5 Å². The SMILES string of the molecule is Cc1nc(-c2cccc(I)c2)nc2cncc(Cl)c12. The van der Waals surface area contributed by atoms with E-state index in [1.165, 1.54) is 0 Å². The standard InChI is InChI=1S/C14H9ClIN3/c1-8-13-11(15)6-17-7-12(13)19-14(18-8)9-3-2-4-10(16)5-9/h2-7H,1H3. The molecule has 19 heavy (non-hydrogen) atoms. The van der Waals surface area contributed by atoms with Crippen LogP contribution in [0.2, 0.25) is 5.02 Å². The van der Waals surface area contributed by atoms with Gasteiger partial charge in [0.15, 0.2) is 5.82 Å². The van der Waals surface area contributed by atoms with Gasteiger partial charge in [0.2, 0.25) is 0 Å². The minimum absolute atomic E-state index is 0.587. The van der Waals surface area contributed by atoms with Crippen molar-refractivity contribution in [3.63, 3.8) is 0 Å². The van der Waals surface area contributed by atoms with Crippen molar-refractivity contribution in [2.75, 3.05) is 0 Å². The lowest BCUT2D eigenvalue weighted by Gasteiger charge is -2.06. The Labute approximate surface area is 129 Å². The number of hydrogen-bond donors (Lipinski definition) is 0. The molecule has 0 bridgehead atoms. The van der Waals surface area contributed by atoms with Crippen LogP contribution in [0.15, 0.2) is 36.7 Å². The first-order valence-electron chi connectivity index (χ1n) is 5.69. The largest absolute Gasteiger partial charge is 0.261 e. The molecular weight excluding hydrogens is 373 g/mol. The van der Waals surface area contributed by atoms with Gasteiger partial charge in [0, 0.05) is 20.7 Å². The number of pyridine rings is 1. The van der Waals surface area contributed by atoms with Crippen LogP contribution in [0.5, 0.6) is 0 Å². The third-order valence-corrected chi connectivity index (χ3v) is 3.78. The van der Waals surface area contributed by atoms with Crippen molar-refractivity contribution in [2.24, 2.45) is 0 Å². The van der Waals surface area contributed by atoms with Crippen LogP contribution in [0.1, 0.15) is 5.69 Å². The molecule has 0 saturated carbocycles. The highest BCUT2D eigenvalue weighted by molar-refractivity contribution is 14.1. The van der Waals surface area contributed by atoms with Gasteiger partial charge in [-0.05, 0) is 41.6 Å². The summed E-state index contributed by atoms with van der Waals surface area (Å²) in [6, 6.07) is 8.09.